The Labute approximate surface area is 163 Å². The van der Waals surface area contributed by atoms with Crippen molar-refractivity contribution in [1.29, 1.82) is 0 Å². The third-order valence-electron chi connectivity index (χ3n) is 5.15. The van der Waals surface area contributed by atoms with Gasteiger partial charge in [0.2, 0.25) is 0 Å². The van der Waals surface area contributed by atoms with E-state index in [1.165, 1.54) is 6.07 Å². The molecule has 0 fully saturated rings. The average Bonchev–Trinajstić information content (AvgIpc) is 3.19. The molecule has 1 aliphatic carbocycles. The Kier molecular flexibility index (Phi) is 4.65. The van der Waals surface area contributed by atoms with Gasteiger partial charge in [0.15, 0.2) is 0 Å². The molecule has 1 aliphatic heterocycles. The molecule has 4 nitrogen and oxygen atoms in total. The van der Waals surface area contributed by atoms with Crippen molar-refractivity contribution in [2.24, 2.45) is 0 Å². The lowest BCUT2D eigenvalue weighted by Gasteiger charge is -2.17. The van der Waals surface area contributed by atoms with Crippen LogP contribution in [0.3, 0.4) is 0 Å². The van der Waals surface area contributed by atoms with Gasteiger partial charge in [-0.1, -0.05) is 23.7 Å². The van der Waals surface area contributed by atoms with E-state index in [4.69, 9.17) is 26.2 Å². The van der Waals surface area contributed by atoms with Gasteiger partial charge in [0.05, 0.1) is 23.6 Å². The van der Waals surface area contributed by atoms with Crippen LogP contribution in [-0.2, 0) is 17.4 Å². The summed E-state index contributed by atoms with van der Waals surface area (Å²) in [6, 6.07) is 7.62. The smallest absolute Gasteiger partial charge is 0.417 e. The number of hydrogen-bond acceptors (Lipinski definition) is 3. The summed E-state index contributed by atoms with van der Waals surface area (Å²) in [5.74, 6) is 0.00353. The van der Waals surface area contributed by atoms with Crippen molar-refractivity contribution in [3.63, 3.8) is 0 Å². The number of fused-ring (bicyclic) bond motifs is 2. The quantitative estimate of drug-likeness (QED) is 0.733. The fourth-order valence-electron chi connectivity index (χ4n) is 3.84. The van der Waals surface area contributed by atoms with Gasteiger partial charge in [-0.3, -0.25) is 4.79 Å². The van der Waals surface area contributed by atoms with E-state index in [0.29, 0.717) is 42.1 Å². The molecule has 28 heavy (non-hydrogen) atoms. The first-order chi connectivity index (χ1) is 13.2. The Morgan fingerprint density at radius 3 is 2.71 bits per heavy atom. The molecule has 0 saturated carbocycles. The van der Waals surface area contributed by atoms with Crippen LogP contribution < -0.4 is 9.47 Å². The monoisotopic (exact) mass is 412 g/mol. The molecule has 0 bridgehead atoms. The number of ether oxygens (including phenoxy) is 2. The van der Waals surface area contributed by atoms with Gasteiger partial charge in [-0.05, 0) is 36.1 Å². The molecular formula is C20H16ClF3O4. The first kappa shape index (κ1) is 18.9. The summed E-state index contributed by atoms with van der Waals surface area (Å²) in [6.45, 7) is 0.299. The van der Waals surface area contributed by atoms with Gasteiger partial charge in [0.25, 0.3) is 0 Å². The van der Waals surface area contributed by atoms with Gasteiger partial charge in [0.1, 0.15) is 17.6 Å². The summed E-state index contributed by atoms with van der Waals surface area (Å²) in [5.41, 5.74) is 1.12. The zero-order chi connectivity index (χ0) is 20.1. The number of carbonyl (C=O) groups is 1. The number of rotatable bonds is 4. The molecule has 1 unspecified atom stereocenters. The van der Waals surface area contributed by atoms with Gasteiger partial charge in [0, 0.05) is 17.5 Å². The van der Waals surface area contributed by atoms with Gasteiger partial charge < -0.3 is 14.6 Å². The molecule has 2 aromatic carbocycles. The van der Waals surface area contributed by atoms with E-state index >= 15 is 0 Å². The maximum Gasteiger partial charge on any atom is 0.417 e. The van der Waals surface area contributed by atoms with Crippen molar-refractivity contribution < 1.29 is 32.5 Å². The summed E-state index contributed by atoms with van der Waals surface area (Å²) < 4.78 is 50.7. The zero-order valence-electron chi connectivity index (χ0n) is 14.6. The summed E-state index contributed by atoms with van der Waals surface area (Å²) >= 11 is 6.00. The first-order valence-electron chi connectivity index (χ1n) is 8.77. The molecular weight excluding hydrogens is 397 g/mol. The van der Waals surface area contributed by atoms with Crippen molar-refractivity contribution in [2.45, 2.75) is 37.5 Å². The van der Waals surface area contributed by atoms with E-state index in [1.807, 2.05) is 0 Å². The van der Waals surface area contributed by atoms with E-state index in [1.54, 1.807) is 18.2 Å². The lowest BCUT2D eigenvalue weighted by molar-refractivity contribution is -0.138. The zero-order valence-corrected chi connectivity index (χ0v) is 15.3. The second-order valence-corrected chi connectivity index (χ2v) is 7.32. The predicted molar refractivity (Wildman–Crippen MR) is 95.1 cm³/mol. The Hall–Kier alpha value is -2.41. The van der Waals surface area contributed by atoms with Crippen molar-refractivity contribution in [2.75, 3.05) is 6.61 Å². The normalized spacial score (nSPS) is 20.4. The standard InChI is InChI=1S/C20H16ClF3O4/c21-19-14-4-6-16(13(14)3-5-15(19)20(22,23)24)28-11-1-2-12-10(7-18(25)26)9-27-17(12)8-11/h1-3,5,8,10,16H,4,6-7,9H2,(H,25,26)/t10?,16-/m1/s1. The lowest BCUT2D eigenvalue weighted by atomic mass is 9.98. The molecule has 0 aromatic heterocycles. The number of alkyl halides is 3. The van der Waals surface area contributed by atoms with Crippen LogP contribution in [0, 0.1) is 0 Å². The molecule has 0 amide bonds. The van der Waals surface area contributed by atoms with Crippen LogP contribution in [0.5, 0.6) is 11.5 Å². The molecule has 1 N–H and O–H groups in total. The highest BCUT2D eigenvalue weighted by Gasteiger charge is 2.37. The van der Waals surface area contributed by atoms with Crippen molar-refractivity contribution in [3.8, 4) is 11.5 Å². The minimum Gasteiger partial charge on any atom is -0.492 e. The van der Waals surface area contributed by atoms with E-state index in [9.17, 15) is 18.0 Å². The van der Waals surface area contributed by atoms with E-state index < -0.39 is 23.8 Å². The number of benzene rings is 2. The van der Waals surface area contributed by atoms with Crippen LogP contribution >= 0.6 is 11.6 Å². The third-order valence-corrected chi connectivity index (χ3v) is 5.58. The molecule has 148 valence electrons. The molecule has 2 aromatic rings. The molecule has 0 spiro atoms. The Balaban J connectivity index is 1.55. The molecule has 4 rings (SSSR count). The first-order valence-corrected chi connectivity index (χ1v) is 9.15. The largest absolute Gasteiger partial charge is 0.492 e. The Bertz CT molecular complexity index is 942. The van der Waals surface area contributed by atoms with Crippen molar-refractivity contribution >= 4 is 17.6 Å². The maximum atomic E-state index is 13.0. The summed E-state index contributed by atoms with van der Waals surface area (Å²) in [7, 11) is 0. The second-order valence-electron chi connectivity index (χ2n) is 6.94. The molecule has 8 heteroatoms. The van der Waals surface area contributed by atoms with Crippen molar-refractivity contribution in [1.82, 2.24) is 0 Å². The third kappa shape index (κ3) is 3.39. The van der Waals surface area contributed by atoms with Gasteiger partial charge >= 0.3 is 12.1 Å². The van der Waals surface area contributed by atoms with Crippen molar-refractivity contribution in [3.05, 3.63) is 57.6 Å². The summed E-state index contributed by atoms with van der Waals surface area (Å²) in [5, 5.41) is 8.71. The molecule has 0 saturated heterocycles. The van der Waals surface area contributed by atoms with Crippen LogP contribution in [0.1, 0.15) is 47.1 Å². The fourth-order valence-corrected chi connectivity index (χ4v) is 4.21. The molecule has 2 aliphatic rings. The number of carboxylic acids is 1. The van der Waals surface area contributed by atoms with Crippen LogP contribution in [0.4, 0.5) is 13.2 Å². The Morgan fingerprint density at radius 2 is 2.00 bits per heavy atom. The highest BCUT2D eigenvalue weighted by Crippen LogP contribution is 2.45. The summed E-state index contributed by atoms with van der Waals surface area (Å²) in [6.07, 6.45) is -3.97. The molecule has 0 radical (unpaired) electrons. The highest BCUT2D eigenvalue weighted by molar-refractivity contribution is 6.32. The SMILES string of the molecule is O=C(O)CC1COc2cc(O[C@@H]3CCc4c3ccc(C(F)(F)F)c4Cl)ccc21. The minimum atomic E-state index is -4.49. The fraction of sp³-hybridized carbons (Fsp3) is 0.350. The summed E-state index contributed by atoms with van der Waals surface area (Å²) in [4.78, 5) is 10.9. The maximum absolute atomic E-state index is 13.0. The lowest BCUT2D eigenvalue weighted by Crippen LogP contribution is -2.08. The molecule has 2 atom stereocenters. The highest BCUT2D eigenvalue weighted by atomic mass is 35.5. The van der Waals surface area contributed by atoms with Gasteiger partial charge in [-0.2, -0.15) is 13.2 Å². The average molecular weight is 413 g/mol. The van der Waals surface area contributed by atoms with Crippen LogP contribution in [0.2, 0.25) is 5.02 Å². The van der Waals surface area contributed by atoms with E-state index in [2.05, 4.69) is 0 Å². The van der Waals surface area contributed by atoms with E-state index in [0.717, 1.165) is 11.6 Å². The minimum absolute atomic E-state index is 0.0107. The number of halogens is 4. The number of aliphatic carboxylic acids is 1. The van der Waals surface area contributed by atoms with Crippen LogP contribution in [0.25, 0.3) is 0 Å². The number of hydrogen-bond donors (Lipinski definition) is 1. The van der Waals surface area contributed by atoms with Gasteiger partial charge in [-0.15, -0.1) is 0 Å². The Morgan fingerprint density at radius 1 is 1.25 bits per heavy atom. The topological polar surface area (TPSA) is 55.8 Å². The van der Waals surface area contributed by atoms with E-state index in [-0.39, 0.29) is 17.4 Å². The van der Waals surface area contributed by atoms with Crippen LogP contribution in [0.15, 0.2) is 30.3 Å². The predicted octanol–water partition coefficient (Wildman–Crippen LogP) is 5.38. The van der Waals surface area contributed by atoms with Gasteiger partial charge in [-0.25, -0.2) is 0 Å². The number of carboxylic acid groups (broad SMARTS) is 1. The second kappa shape index (κ2) is 6.88. The molecule has 1 heterocycles. The van der Waals surface area contributed by atoms with Crippen LogP contribution in [-0.4, -0.2) is 17.7 Å².